The zero-order valence-corrected chi connectivity index (χ0v) is 12.2. The predicted molar refractivity (Wildman–Crippen MR) is 80.6 cm³/mol. The molecular weight excluding hydrogens is 252 g/mol. The summed E-state index contributed by atoms with van der Waals surface area (Å²) >= 11 is 0. The summed E-state index contributed by atoms with van der Waals surface area (Å²) in [5.74, 6) is 0.774. The summed E-state index contributed by atoms with van der Waals surface area (Å²) < 4.78 is 5.52. The Morgan fingerprint density at radius 1 is 1.45 bits per heavy atom. The summed E-state index contributed by atoms with van der Waals surface area (Å²) in [6, 6.07) is 7.25. The number of nitrogens with one attached hydrogen (secondary N) is 1. The largest absolute Gasteiger partial charge is 0.493 e. The van der Waals surface area contributed by atoms with Crippen molar-refractivity contribution in [3.8, 4) is 5.75 Å². The van der Waals surface area contributed by atoms with E-state index in [0.717, 1.165) is 13.0 Å². The number of nitrogens with two attached hydrogens (primary N) is 1. The third kappa shape index (κ3) is 3.89. The minimum Gasteiger partial charge on any atom is -0.493 e. The summed E-state index contributed by atoms with van der Waals surface area (Å²) in [7, 11) is 0. The van der Waals surface area contributed by atoms with Crippen molar-refractivity contribution in [2.24, 2.45) is 5.41 Å². The van der Waals surface area contributed by atoms with Crippen LogP contribution < -0.4 is 15.8 Å². The van der Waals surface area contributed by atoms with Gasteiger partial charge < -0.3 is 15.8 Å². The number of anilines is 1. The second kappa shape index (κ2) is 6.64. The van der Waals surface area contributed by atoms with Crippen molar-refractivity contribution in [3.63, 3.8) is 0 Å². The first kappa shape index (κ1) is 14.7. The van der Waals surface area contributed by atoms with E-state index in [1.807, 2.05) is 18.2 Å². The fourth-order valence-corrected chi connectivity index (χ4v) is 2.57. The summed E-state index contributed by atoms with van der Waals surface area (Å²) in [6.45, 7) is 3.39. The molecule has 0 heterocycles. The average Bonchev–Trinajstić information content (AvgIpc) is 2.38. The van der Waals surface area contributed by atoms with Crippen LogP contribution in [0.1, 0.15) is 39.0 Å². The molecule has 0 unspecified atom stereocenters. The standard InChI is InChI=1S/C16H24N2O2/c1-2-16(8-4-9-16)12-18-15(19)7-10-20-14-6-3-5-13(17)11-14/h3,5-6,11H,2,4,7-10,12,17H2,1H3,(H,18,19). The fraction of sp³-hybridized carbons (Fsp3) is 0.562. The van der Waals surface area contributed by atoms with Gasteiger partial charge >= 0.3 is 0 Å². The van der Waals surface area contributed by atoms with E-state index >= 15 is 0 Å². The van der Waals surface area contributed by atoms with E-state index in [-0.39, 0.29) is 5.91 Å². The highest BCUT2D eigenvalue weighted by atomic mass is 16.5. The molecule has 0 radical (unpaired) electrons. The van der Waals surface area contributed by atoms with Crippen molar-refractivity contribution in [2.75, 3.05) is 18.9 Å². The quantitative estimate of drug-likeness (QED) is 0.753. The number of benzene rings is 1. The lowest BCUT2D eigenvalue weighted by Crippen LogP contribution is -2.41. The monoisotopic (exact) mass is 276 g/mol. The lowest BCUT2D eigenvalue weighted by atomic mass is 9.67. The molecule has 0 aliphatic heterocycles. The molecule has 20 heavy (non-hydrogen) atoms. The van der Waals surface area contributed by atoms with Crippen LogP contribution in [0.15, 0.2) is 24.3 Å². The minimum atomic E-state index is 0.0635. The topological polar surface area (TPSA) is 64.3 Å². The van der Waals surface area contributed by atoms with Crippen LogP contribution in [0.25, 0.3) is 0 Å². The van der Waals surface area contributed by atoms with Crippen molar-refractivity contribution >= 4 is 11.6 Å². The minimum absolute atomic E-state index is 0.0635. The molecule has 0 spiro atoms. The van der Waals surface area contributed by atoms with E-state index < -0.39 is 0 Å². The number of carbonyl (C=O) groups excluding carboxylic acids is 1. The number of hydrogen-bond acceptors (Lipinski definition) is 3. The van der Waals surface area contributed by atoms with Gasteiger partial charge in [-0.15, -0.1) is 0 Å². The molecule has 1 aromatic carbocycles. The summed E-state index contributed by atoms with van der Waals surface area (Å²) in [5.41, 5.74) is 6.70. The summed E-state index contributed by atoms with van der Waals surface area (Å²) in [4.78, 5) is 11.8. The molecular formula is C16H24N2O2. The molecule has 1 aliphatic carbocycles. The maximum atomic E-state index is 11.8. The first-order valence-electron chi connectivity index (χ1n) is 7.39. The molecule has 0 aromatic heterocycles. The summed E-state index contributed by atoms with van der Waals surface area (Å²) in [5, 5.41) is 3.03. The number of hydrogen-bond donors (Lipinski definition) is 2. The number of ether oxygens (including phenoxy) is 1. The Bertz CT molecular complexity index is 450. The van der Waals surface area contributed by atoms with Gasteiger partial charge in [-0.05, 0) is 36.8 Å². The van der Waals surface area contributed by atoms with Crippen molar-refractivity contribution in [1.29, 1.82) is 0 Å². The number of nitrogen functional groups attached to an aromatic ring is 1. The predicted octanol–water partition coefficient (Wildman–Crippen LogP) is 2.73. The van der Waals surface area contributed by atoms with Crippen LogP contribution in [-0.2, 0) is 4.79 Å². The molecule has 0 saturated heterocycles. The van der Waals surface area contributed by atoms with Gasteiger partial charge in [0.05, 0.1) is 13.0 Å². The van der Waals surface area contributed by atoms with Crippen molar-refractivity contribution < 1.29 is 9.53 Å². The Balaban J connectivity index is 1.65. The molecule has 1 aliphatic rings. The number of rotatable bonds is 7. The van der Waals surface area contributed by atoms with Gasteiger partial charge in [0, 0.05) is 18.3 Å². The molecule has 1 fully saturated rings. The van der Waals surface area contributed by atoms with Gasteiger partial charge in [0.25, 0.3) is 0 Å². The Kier molecular flexibility index (Phi) is 4.88. The average molecular weight is 276 g/mol. The van der Waals surface area contributed by atoms with E-state index in [1.165, 1.54) is 19.3 Å². The Morgan fingerprint density at radius 3 is 2.85 bits per heavy atom. The maximum absolute atomic E-state index is 11.8. The van der Waals surface area contributed by atoms with Gasteiger partial charge in [-0.2, -0.15) is 0 Å². The number of amides is 1. The Labute approximate surface area is 120 Å². The van der Waals surface area contributed by atoms with Crippen molar-refractivity contribution in [3.05, 3.63) is 24.3 Å². The molecule has 0 atom stereocenters. The second-order valence-corrected chi connectivity index (χ2v) is 5.65. The molecule has 3 N–H and O–H groups in total. The highest BCUT2D eigenvalue weighted by molar-refractivity contribution is 5.76. The van der Waals surface area contributed by atoms with E-state index in [2.05, 4.69) is 12.2 Å². The maximum Gasteiger partial charge on any atom is 0.223 e. The lowest BCUT2D eigenvalue weighted by molar-refractivity contribution is -0.122. The molecule has 2 rings (SSSR count). The lowest BCUT2D eigenvalue weighted by Gasteiger charge is -2.41. The normalized spacial score (nSPS) is 16.2. The zero-order chi connectivity index (χ0) is 14.4. The molecule has 1 saturated carbocycles. The van der Waals surface area contributed by atoms with Crippen LogP contribution in [0.4, 0.5) is 5.69 Å². The Hall–Kier alpha value is -1.71. The second-order valence-electron chi connectivity index (χ2n) is 5.65. The molecule has 4 nitrogen and oxygen atoms in total. The molecule has 0 bridgehead atoms. The number of carbonyl (C=O) groups is 1. The van der Waals surface area contributed by atoms with Gasteiger partial charge in [-0.1, -0.05) is 19.4 Å². The van der Waals surface area contributed by atoms with Gasteiger partial charge in [-0.3, -0.25) is 4.79 Å². The van der Waals surface area contributed by atoms with E-state index in [4.69, 9.17) is 10.5 Å². The SMILES string of the molecule is CCC1(CNC(=O)CCOc2cccc(N)c2)CCC1. The van der Waals surface area contributed by atoms with Crippen molar-refractivity contribution in [2.45, 2.75) is 39.0 Å². The molecule has 1 aromatic rings. The van der Waals surface area contributed by atoms with Gasteiger partial charge in [0.1, 0.15) is 5.75 Å². The highest BCUT2D eigenvalue weighted by Gasteiger charge is 2.34. The third-order valence-electron chi connectivity index (χ3n) is 4.28. The highest BCUT2D eigenvalue weighted by Crippen LogP contribution is 2.42. The van der Waals surface area contributed by atoms with Crippen molar-refractivity contribution in [1.82, 2.24) is 5.32 Å². The Morgan fingerprint density at radius 2 is 2.25 bits per heavy atom. The van der Waals surface area contributed by atoms with E-state index in [9.17, 15) is 4.79 Å². The van der Waals surface area contributed by atoms with E-state index in [1.54, 1.807) is 6.07 Å². The van der Waals surface area contributed by atoms with Crippen LogP contribution >= 0.6 is 0 Å². The molecule has 110 valence electrons. The first-order chi connectivity index (χ1) is 9.63. The summed E-state index contributed by atoms with van der Waals surface area (Å²) in [6.07, 6.45) is 5.30. The van der Waals surface area contributed by atoms with E-state index in [0.29, 0.717) is 29.9 Å². The third-order valence-corrected chi connectivity index (χ3v) is 4.28. The van der Waals surface area contributed by atoms with Crippen LogP contribution in [0.3, 0.4) is 0 Å². The van der Waals surface area contributed by atoms with Crippen LogP contribution in [0, 0.1) is 5.41 Å². The van der Waals surface area contributed by atoms with Crippen LogP contribution in [-0.4, -0.2) is 19.1 Å². The van der Waals surface area contributed by atoms with Gasteiger partial charge in [0.15, 0.2) is 0 Å². The fourth-order valence-electron chi connectivity index (χ4n) is 2.57. The molecule has 1 amide bonds. The zero-order valence-electron chi connectivity index (χ0n) is 12.2. The van der Waals surface area contributed by atoms with Gasteiger partial charge in [0.2, 0.25) is 5.91 Å². The van der Waals surface area contributed by atoms with Gasteiger partial charge in [-0.25, -0.2) is 0 Å². The first-order valence-corrected chi connectivity index (χ1v) is 7.39. The van der Waals surface area contributed by atoms with Crippen LogP contribution in [0.2, 0.25) is 0 Å². The molecule has 4 heteroatoms. The smallest absolute Gasteiger partial charge is 0.223 e. The van der Waals surface area contributed by atoms with Crippen LogP contribution in [0.5, 0.6) is 5.75 Å².